The van der Waals surface area contributed by atoms with Gasteiger partial charge < -0.3 is 15.3 Å². The van der Waals surface area contributed by atoms with Crippen molar-refractivity contribution in [2.75, 3.05) is 78.5 Å². The van der Waals surface area contributed by atoms with Crippen LogP contribution in [0.2, 0.25) is 0 Å². The zero-order valence-electron chi connectivity index (χ0n) is 17.8. The largest absolute Gasteiger partial charge is 0.480 e. The summed E-state index contributed by atoms with van der Waals surface area (Å²) >= 11 is 0. The number of nitrogens with zero attached hydrogens (tertiary/aromatic N) is 4. The van der Waals surface area contributed by atoms with Crippen molar-refractivity contribution in [3.8, 4) is 0 Å². The molecule has 0 aromatic carbocycles. The van der Waals surface area contributed by atoms with Gasteiger partial charge >= 0.3 is 17.9 Å². The van der Waals surface area contributed by atoms with Crippen molar-refractivity contribution in [3.63, 3.8) is 0 Å². The molecule has 0 amide bonds. The van der Waals surface area contributed by atoms with Gasteiger partial charge in [-0.05, 0) is 0 Å². The highest BCUT2D eigenvalue weighted by molar-refractivity contribution is 5.82. The quantitative estimate of drug-likeness (QED) is 0.401. The number of carbonyl (C=O) groups is 4. The molecule has 1 fully saturated rings. The minimum atomic E-state index is -0.991. The summed E-state index contributed by atoms with van der Waals surface area (Å²) in [6.45, 7) is 6.53. The molecule has 0 atom stereocenters. The second-order valence-corrected chi connectivity index (χ2v) is 7.91. The van der Waals surface area contributed by atoms with Crippen molar-refractivity contribution in [2.45, 2.75) is 13.8 Å². The molecular weight excluding hydrogens is 396 g/mol. The van der Waals surface area contributed by atoms with Crippen molar-refractivity contribution in [1.82, 2.24) is 19.6 Å². The molecule has 0 saturated carbocycles. The number of rotatable bonds is 9. The van der Waals surface area contributed by atoms with Crippen LogP contribution in [-0.2, 0) is 19.2 Å². The van der Waals surface area contributed by atoms with Crippen molar-refractivity contribution >= 4 is 23.7 Å². The number of hydrogen-bond acceptors (Lipinski definition) is 8. The molecule has 3 N–H and O–H groups in total. The van der Waals surface area contributed by atoms with Gasteiger partial charge in [0.1, 0.15) is 5.78 Å². The van der Waals surface area contributed by atoms with Gasteiger partial charge in [0.2, 0.25) is 0 Å². The van der Waals surface area contributed by atoms with Crippen molar-refractivity contribution in [2.24, 2.45) is 5.92 Å². The van der Waals surface area contributed by atoms with Crippen molar-refractivity contribution < 1.29 is 34.5 Å². The lowest BCUT2D eigenvalue weighted by Gasteiger charge is -2.33. The molecule has 0 bridgehead atoms. The maximum atomic E-state index is 12.2. The van der Waals surface area contributed by atoms with Gasteiger partial charge in [0.05, 0.1) is 26.2 Å². The van der Waals surface area contributed by atoms with Crippen LogP contribution in [0, 0.1) is 5.92 Å². The lowest BCUT2D eigenvalue weighted by Crippen LogP contribution is -2.49. The molecule has 0 aromatic rings. The van der Waals surface area contributed by atoms with Crippen molar-refractivity contribution in [1.29, 1.82) is 0 Å². The van der Waals surface area contributed by atoms with E-state index < -0.39 is 17.9 Å². The summed E-state index contributed by atoms with van der Waals surface area (Å²) in [7, 11) is 0. The second-order valence-electron chi connectivity index (χ2n) is 7.91. The molecule has 1 saturated heterocycles. The van der Waals surface area contributed by atoms with E-state index in [9.17, 15) is 29.4 Å². The van der Waals surface area contributed by atoms with E-state index >= 15 is 0 Å². The fourth-order valence-electron chi connectivity index (χ4n) is 3.19. The van der Waals surface area contributed by atoms with Crippen LogP contribution in [-0.4, -0.2) is 137 Å². The van der Waals surface area contributed by atoms with E-state index in [-0.39, 0.29) is 37.9 Å². The molecule has 30 heavy (non-hydrogen) atoms. The normalized spacial score (nSPS) is 19.2. The van der Waals surface area contributed by atoms with Gasteiger partial charge in [0, 0.05) is 58.3 Å². The summed E-state index contributed by atoms with van der Waals surface area (Å²) in [5.74, 6) is -2.98. The monoisotopic (exact) mass is 430 g/mol. The zero-order chi connectivity index (χ0) is 22.7. The van der Waals surface area contributed by atoms with E-state index in [1.54, 1.807) is 14.7 Å². The summed E-state index contributed by atoms with van der Waals surface area (Å²) in [4.78, 5) is 52.9. The minimum absolute atomic E-state index is 0.0734. The summed E-state index contributed by atoms with van der Waals surface area (Å²) in [5, 5.41) is 27.5. The zero-order valence-corrected chi connectivity index (χ0v) is 17.8. The Hall–Kier alpha value is -2.08. The third-order valence-electron chi connectivity index (χ3n) is 5.03. The van der Waals surface area contributed by atoms with Crippen LogP contribution < -0.4 is 0 Å². The predicted molar refractivity (Wildman–Crippen MR) is 109 cm³/mol. The molecule has 0 aliphatic carbocycles. The summed E-state index contributed by atoms with van der Waals surface area (Å²) < 4.78 is 0. The molecule has 1 aliphatic rings. The third-order valence-corrected chi connectivity index (χ3v) is 5.03. The Bertz CT molecular complexity index is 567. The first-order valence-corrected chi connectivity index (χ1v) is 10.1. The molecule has 1 rings (SSSR count). The highest BCUT2D eigenvalue weighted by Gasteiger charge is 2.21. The Morgan fingerprint density at radius 2 is 0.800 bits per heavy atom. The first kappa shape index (κ1) is 26.0. The molecule has 1 aliphatic heterocycles. The van der Waals surface area contributed by atoms with E-state index in [1.807, 2.05) is 18.7 Å². The SMILES string of the molecule is CC(C)C(=O)CN1CCN(CC(=O)O)CCN(CC(=O)O)CCN(CC(=O)O)CC1. The highest BCUT2D eigenvalue weighted by atomic mass is 16.4. The van der Waals surface area contributed by atoms with E-state index in [1.165, 1.54) is 0 Å². The van der Waals surface area contributed by atoms with Crippen LogP contribution in [0.5, 0.6) is 0 Å². The van der Waals surface area contributed by atoms with E-state index in [0.29, 0.717) is 52.4 Å². The molecular formula is C19H34N4O7. The maximum Gasteiger partial charge on any atom is 0.317 e. The number of carboxylic acid groups (broad SMARTS) is 3. The Morgan fingerprint density at radius 1 is 0.567 bits per heavy atom. The topological polar surface area (TPSA) is 142 Å². The maximum absolute atomic E-state index is 12.2. The smallest absolute Gasteiger partial charge is 0.317 e. The second kappa shape index (κ2) is 13.3. The van der Waals surface area contributed by atoms with Gasteiger partial charge in [-0.3, -0.25) is 38.8 Å². The number of Topliss-reactive ketones (excluding diaryl/α,β-unsaturated/α-hetero) is 1. The number of carbonyl (C=O) groups excluding carboxylic acids is 1. The molecule has 1 heterocycles. The van der Waals surface area contributed by atoms with Gasteiger partial charge in [0.25, 0.3) is 0 Å². The number of carboxylic acids is 3. The van der Waals surface area contributed by atoms with Crippen LogP contribution in [0.25, 0.3) is 0 Å². The van der Waals surface area contributed by atoms with Gasteiger partial charge in [-0.2, -0.15) is 0 Å². The molecule has 11 heteroatoms. The number of aliphatic carboxylic acids is 3. The molecule has 0 radical (unpaired) electrons. The van der Waals surface area contributed by atoms with Crippen LogP contribution in [0.15, 0.2) is 0 Å². The first-order valence-electron chi connectivity index (χ1n) is 10.1. The summed E-state index contributed by atoms with van der Waals surface area (Å²) in [6.07, 6.45) is 0. The summed E-state index contributed by atoms with van der Waals surface area (Å²) in [6, 6.07) is 0. The molecule has 0 spiro atoms. The number of ketones is 1. The molecule has 172 valence electrons. The Kier molecular flexibility index (Phi) is 11.5. The molecule has 0 unspecified atom stereocenters. The molecule has 0 aromatic heterocycles. The van der Waals surface area contributed by atoms with Crippen LogP contribution in [0.3, 0.4) is 0 Å². The van der Waals surface area contributed by atoms with E-state index in [0.717, 1.165) is 0 Å². The van der Waals surface area contributed by atoms with Gasteiger partial charge in [0.15, 0.2) is 0 Å². The van der Waals surface area contributed by atoms with Gasteiger partial charge in [-0.25, -0.2) is 0 Å². The predicted octanol–water partition coefficient (Wildman–Crippen LogP) is -1.31. The average molecular weight is 431 g/mol. The van der Waals surface area contributed by atoms with Crippen molar-refractivity contribution in [3.05, 3.63) is 0 Å². The fourth-order valence-corrected chi connectivity index (χ4v) is 3.19. The van der Waals surface area contributed by atoms with Gasteiger partial charge in [-0.15, -0.1) is 0 Å². The Labute approximate surface area is 176 Å². The van der Waals surface area contributed by atoms with Crippen LogP contribution in [0.4, 0.5) is 0 Å². The van der Waals surface area contributed by atoms with Crippen LogP contribution in [0.1, 0.15) is 13.8 Å². The van der Waals surface area contributed by atoms with Crippen LogP contribution >= 0.6 is 0 Å². The van der Waals surface area contributed by atoms with E-state index in [2.05, 4.69) is 0 Å². The standard InChI is InChI=1S/C19H34N4O7/c1-15(2)16(24)11-20-3-5-21(12-17(25)26)7-9-23(14-19(29)30)10-8-22(6-4-20)13-18(27)28/h15H,3-14H2,1-2H3,(H,25,26)(H,27,28)(H,29,30). The lowest BCUT2D eigenvalue weighted by molar-refractivity contribution is -0.140. The average Bonchev–Trinajstić information content (AvgIpc) is 2.62. The summed E-state index contributed by atoms with van der Waals surface area (Å²) in [5.41, 5.74) is 0. The number of hydrogen-bond donors (Lipinski definition) is 3. The van der Waals surface area contributed by atoms with E-state index in [4.69, 9.17) is 5.11 Å². The molecule has 11 nitrogen and oxygen atoms in total. The Morgan fingerprint density at radius 3 is 1.00 bits per heavy atom. The fraction of sp³-hybridized carbons (Fsp3) is 0.789. The Balaban J connectivity index is 2.95. The highest BCUT2D eigenvalue weighted by Crippen LogP contribution is 2.03. The minimum Gasteiger partial charge on any atom is -0.480 e. The van der Waals surface area contributed by atoms with Gasteiger partial charge in [-0.1, -0.05) is 13.8 Å². The first-order chi connectivity index (χ1) is 14.1. The lowest BCUT2D eigenvalue weighted by atomic mass is 10.1. The third kappa shape index (κ3) is 11.2.